The molecule has 1 aliphatic rings. The van der Waals surface area contributed by atoms with Crippen molar-refractivity contribution in [3.63, 3.8) is 0 Å². The van der Waals surface area contributed by atoms with E-state index in [1.807, 2.05) is 12.1 Å². The number of rotatable bonds is 4. The van der Waals surface area contributed by atoms with Gasteiger partial charge in [-0.3, -0.25) is 0 Å². The number of halogens is 1. The SMILES string of the molecule is O=C(O)N1CC(NCCc2ccc(Br)cc2)C1. The molecule has 0 spiro atoms. The Morgan fingerprint density at radius 2 is 2.06 bits per heavy atom. The quantitative estimate of drug-likeness (QED) is 0.893. The first-order chi connectivity index (χ1) is 8.15. The number of benzene rings is 1. The van der Waals surface area contributed by atoms with Crippen LogP contribution in [0.5, 0.6) is 0 Å². The highest BCUT2D eigenvalue weighted by Crippen LogP contribution is 2.11. The topological polar surface area (TPSA) is 52.6 Å². The molecule has 5 heteroatoms. The van der Waals surface area contributed by atoms with E-state index in [-0.39, 0.29) is 0 Å². The molecular formula is C12H15BrN2O2. The summed E-state index contributed by atoms with van der Waals surface area (Å²) in [6.45, 7) is 2.10. The van der Waals surface area contributed by atoms with Crippen molar-refractivity contribution in [3.05, 3.63) is 34.3 Å². The summed E-state index contributed by atoms with van der Waals surface area (Å²) in [6, 6.07) is 8.57. The number of carbonyl (C=O) groups is 1. The molecule has 0 atom stereocenters. The van der Waals surface area contributed by atoms with Crippen molar-refractivity contribution in [2.24, 2.45) is 0 Å². The highest BCUT2D eigenvalue weighted by atomic mass is 79.9. The van der Waals surface area contributed by atoms with Gasteiger partial charge in [0.15, 0.2) is 0 Å². The Labute approximate surface area is 109 Å². The molecule has 2 N–H and O–H groups in total. The molecule has 17 heavy (non-hydrogen) atoms. The molecule has 0 aromatic heterocycles. The maximum atomic E-state index is 10.5. The van der Waals surface area contributed by atoms with Gasteiger partial charge >= 0.3 is 6.09 Å². The van der Waals surface area contributed by atoms with E-state index in [1.165, 1.54) is 10.5 Å². The number of nitrogens with one attached hydrogen (secondary N) is 1. The molecule has 4 nitrogen and oxygen atoms in total. The average Bonchev–Trinajstić information content (AvgIpc) is 2.23. The molecule has 0 bridgehead atoms. The molecule has 1 fully saturated rings. The lowest BCUT2D eigenvalue weighted by Crippen LogP contribution is -2.59. The van der Waals surface area contributed by atoms with Gasteiger partial charge in [0.05, 0.1) is 0 Å². The van der Waals surface area contributed by atoms with Crippen LogP contribution in [0.1, 0.15) is 5.56 Å². The van der Waals surface area contributed by atoms with Gasteiger partial charge in [0.1, 0.15) is 0 Å². The highest BCUT2D eigenvalue weighted by Gasteiger charge is 2.29. The monoisotopic (exact) mass is 298 g/mol. The van der Waals surface area contributed by atoms with E-state index >= 15 is 0 Å². The molecule has 0 radical (unpaired) electrons. The minimum absolute atomic E-state index is 0.321. The summed E-state index contributed by atoms with van der Waals surface area (Å²) in [4.78, 5) is 12.0. The summed E-state index contributed by atoms with van der Waals surface area (Å²) in [5.74, 6) is 0. The Morgan fingerprint density at radius 3 is 2.65 bits per heavy atom. The first-order valence-electron chi connectivity index (χ1n) is 5.61. The molecule has 1 amide bonds. The van der Waals surface area contributed by atoms with Crippen LogP contribution in [-0.2, 0) is 6.42 Å². The third-order valence-electron chi connectivity index (χ3n) is 2.91. The molecule has 1 aliphatic heterocycles. The number of hydrogen-bond donors (Lipinski definition) is 2. The van der Waals surface area contributed by atoms with Crippen LogP contribution in [0.4, 0.5) is 4.79 Å². The minimum Gasteiger partial charge on any atom is -0.465 e. The summed E-state index contributed by atoms with van der Waals surface area (Å²) >= 11 is 3.40. The van der Waals surface area contributed by atoms with Crippen LogP contribution < -0.4 is 5.32 Å². The second kappa shape index (κ2) is 5.51. The summed E-state index contributed by atoms with van der Waals surface area (Å²) in [7, 11) is 0. The Kier molecular flexibility index (Phi) is 4.02. The van der Waals surface area contributed by atoms with E-state index in [4.69, 9.17) is 5.11 Å². The lowest BCUT2D eigenvalue weighted by molar-refractivity contribution is 0.0962. The maximum Gasteiger partial charge on any atom is 0.407 e. The first kappa shape index (κ1) is 12.4. The molecule has 0 unspecified atom stereocenters. The molecule has 1 heterocycles. The van der Waals surface area contributed by atoms with Gasteiger partial charge in [-0.05, 0) is 30.7 Å². The fourth-order valence-corrected chi connectivity index (χ4v) is 2.10. The van der Waals surface area contributed by atoms with Crippen LogP contribution in [0, 0.1) is 0 Å². The van der Waals surface area contributed by atoms with Gasteiger partial charge in [0.2, 0.25) is 0 Å². The van der Waals surface area contributed by atoms with Gasteiger partial charge in [-0.25, -0.2) is 4.79 Å². The van der Waals surface area contributed by atoms with E-state index in [0.717, 1.165) is 17.4 Å². The summed E-state index contributed by atoms with van der Waals surface area (Å²) in [5, 5.41) is 12.0. The van der Waals surface area contributed by atoms with Gasteiger partial charge in [-0.2, -0.15) is 0 Å². The summed E-state index contributed by atoms with van der Waals surface area (Å²) in [5.41, 5.74) is 1.29. The lowest BCUT2D eigenvalue weighted by atomic mass is 10.1. The predicted molar refractivity (Wildman–Crippen MR) is 69.2 cm³/mol. The zero-order valence-electron chi connectivity index (χ0n) is 9.40. The van der Waals surface area contributed by atoms with E-state index < -0.39 is 6.09 Å². The second-order valence-electron chi connectivity index (χ2n) is 4.22. The van der Waals surface area contributed by atoms with E-state index in [9.17, 15) is 4.79 Å². The van der Waals surface area contributed by atoms with Gasteiger partial charge in [0.25, 0.3) is 0 Å². The summed E-state index contributed by atoms with van der Waals surface area (Å²) in [6.07, 6.45) is 0.146. The van der Waals surface area contributed by atoms with Crippen molar-refractivity contribution in [1.82, 2.24) is 10.2 Å². The predicted octanol–water partition coefficient (Wildman–Crippen LogP) is 1.94. The number of amides is 1. The Bertz CT molecular complexity index is 388. The van der Waals surface area contributed by atoms with Crippen molar-refractivity contribution in [3.8, 4) is 0 Å². The van der Waals surface area contributed by atoms with Gasteiger partial charge in [-0.15, -0.1) is 0 Å². The molecule has 1 aromatic carbocycles. The number of likely N-dealkylation sites (tertiary alicyclic amines) is 1. The molecule has 0 saturated carbocycles. The van der Waals surface area contributed by atoms with Crippen molar-refractivity contribution < 1.29 is 9.90 Å². The molecular weight excluding hydrogens is 284 g/mol. The standard InChI is InChI=1S/C12H15BrN2O2/c13-10-3-1-9(2-4-10)5-6-14-11-7-15(8-11)12(16)17/h1-4,11,14H,5-8H2,(H,16,17). The van der Waals surface area contributed by atoms with Crippen LogP contribution >= 0.6 is 15.9 Å². The van der Waals surface area contributed by atoms with Crippen LogP contribution in [-0.4, -0.2) is 41.8 Å². The molecule has 1 saturated heterocycles. The van der Waals surface area contributed by atoms with Crippen molar-refractivity contribution in [2.45, 2.75) is 12.5 Å². The Balaban J connectivity index is 1.64. The minimum atomic E-state index is -0.823. The van der Waals surface area contributed by atoms with Crippen molar-refractivity contribution >= 4 is 22.0 Å². The van der Waals surface area contributed by atoms with Crippen LogP contribution in [0.2, 0.25) is 0 Å². The summed E-state index contributed by atoms with van der Waals surface area (Å²) < 4.78 is 1.09. The van der Waals surface area contributed by atoms with Crippen LogP contribution in [0.25, 0.3) is 0 Å². The van der Waals surface area contributed by atoms with Gasteiger partial charge in [-0.1, -0.05) is 28.1 Å². The second-order valence-corrected chi connectivity index (χ2v) is 5.13. The largest absolute Gasteiger partial charge is 0.465 e. The third-order valence-corrected chi connectivity index (χ3v) is 3.44. The Hall–Kier alpha value is -1.07. The van der Waals surface area contributed by atoms with Gasteiger partial charge in [0, 0.05) is 23.6 Å². The van der Waals surface area contributed by atoms with Crippen molar-refractivity contribution in [2.75, 3.05) is 19.6 Å². The molecule has 2 rings (SSSR count). The normalized spacial score (nSPS) is 15.7. The van der Waals surface area contributed by atoms with E-state index in [1.54, 1.807) is 0 Å². The van der Waals surface area contributed by atoms with Crippen LogP contribution in [0.15, 0.2) is 28.7 Å². The Morgan fingerprint density at radius 1 is 1.41 bits per heavy atom. The lowest BCUT2D eigenvalue weighted by Gasteiger charge is -2.37. The van der Waals surface area contributed by atoms with E-state index in [2.05, 4.69) is 33.4 Å². The molecule has 1 aromatic rings. The van der Waals surface area contributed by atoms with Gasteiger partial charge < -0.3 is 15.3 Å². The number of nitrogens with zero attached hydrogens (tertiary/aromatic N) is 1. The fourth-order valence-electron chi connectivity index (χ4n) is 1.84. The van der Waals surface area contributed by atoms with Crippen molar-refractivity contribution in [1.29, 1.82) is 0 Å². The first-order valence-corrected chi connectivity index (χ1v) is 6.40. The molecule has 0 aliphatic carbocycles. The number of carboxylic acid groups (broad SMARTS) is 1. The van der Waals surface area contributed by atoms with Crippen LogP contribution in [0.3, 0.4) is 0 Å². The molecule has 92 valence electrons. The van der Waals surface area contributed by atoms with E-state index in [0.29, 0.717) is 19.1 Å². The maximum absolute atomic E-state index is 10.5. The third kappa shape index (κ3) is 3.44. The smallest absolute Gasteiger partial charge is 0.407 e. The average molecular weight is 299 g/mol. The zero-order chi connectivity index (χ0) is 12.3. The number of hydrogen-bond acceptors (Lipinski definition) is 2. The fraction of sp³-hybridized carbons (Fsp3) is 0.417. The zero-order valence-corrected chi connectivity index (χ0v) is 11.0. The highest BCUT2D eigenvalue weighted by molar-refractivity contribution is 9.10.